The SMILES string of the molecule is C[C@@H]1CNCCc2ccc(C(=O)NCc3ccc(-c4ccccc4)cc3)cc21. The average Bonchev–Trinajstić information content (AvgIpc) is 2.94. The van der Waals surface area contributed by atoms with Crippen molar-refractivity contribution < 1.29 is 4.79 Å². The smallest absolute Gasteiger partial charge is 0.251 e. The predicted octanol–water partition coefficient (Wildman–Crippen LogP) is 4.53. The lowest BCUT2D eigenvalue weighted by Gasteiger charge is -2.14. The highest BCUT2D eigenvalue weighted by Gasteiger charge is 2.16. The van der Waals surface area contributed by atoms with E-state index < -0.39 is 0 Å². The van der Waals surface area contributed by atoms with E-state index in [2.05, 4.69) is 66.1 Å². The summed E-state index contributed by atoms with van der Waals surface area (Å²) in [6.45, 7) is 4.71. The number of hydrogen-bond acceptors (Lipinski definition) is 2. The topological polar surface area (TPSA) is 41.1 Å². The summed E-state index contributed by atoms with van der Waals surface area (Å²) in [7, 11) is 0. The van der Waals surface area contributed by atoms with Gasteiger partial charge in [0.05, 0.1) is 0 Å². The normalized spacial score (nSPS) is 16.1. The molecular weight excluding hydrogens is 344 g/mol. The minimum atomic E-state index is -0.0145. The van der Waals surface area contributed by atoms with Gasteiger partial charge in [0.2, 0.25) is 0 Å². The van der Waals surface area contributed by atoms with E-state index in [1.54, 1.807) is 0 Å². The Kier molecular flexibility index (Phi) is 5.54. The van der Waals surface area contributed by atoms with E-state index in [1.807, 2.05) is 24.3 Å². The van der Waals surface area contributed by atoms with Crippen LogP contribution in [0.4, 0.5) is 0 Å². The highest BCUT2D eigenvalue weighted by molar-refractivity contribution is 5.94. The van der Waals surface area contributed by atoms with Gasteiger partial charge in [-0.1, -0.05) is 67.6 Å². The van der Waals surface area contributed by atoms with Crippen molar-refractivity contribution in [1.29, 1.82) is 0 Å². The van der Waals surface area contributed by atoms with Gasteiger partial charge in [0.1, 0.15) is 0 Å². The second-order valence-electron chi connectivity index (χ2n) is 7.51. The molecule has 0 saturated heterocycles. The summed E-state index contributed by atoms with van der Waals surface area (Å²) in [6.07, 6.45) is 1.02. The van der Waals surface area contributed by atoms with Crippen molar-refractivity contribution in [3.63, 3.8) is 0 Å². The maximum Gasteiger partial charge on any atom is 0.251 e. The molecule has 0 spiro atoms. The number of amides is 1. The molecule has 3 heteroatoms. The monoisotopic (exact) mass is 370 g/mol. The Balaban J connectivity index is 1.42. The maximum atomic E-state index is 12.7. The van der Waals surface area contributed by atoms with E-state index in [1.165, 1.54) is 22.3 Å². The number of carbonyl (C=O) groups is 1. The Morgan fingerprint density at radius 1 is 1.00 bits per heavy atom. The van der Waals surface area contributed by atoms with Crippen molar-refractivity contribution in [2.75, 3.05) is 13.1 Å². The molecule has 0 aliphatic carbocycles. The molecule has 28 heavy (non-hydrogen) atoms. The molecule has 0 fully saturated rings. The van der Waals surface area contributed by atoms with Crippen molar-refractivity contribution >= 4 is 5.91 Å². The molecule has 3 nitrogen and oxygen atoms in total. The van der Waals surface area contributed by atoms with Crippen LogP contribution in [0.2, 0.25) is 0 Å². The second-order valence-corrected chi connectivity index (χ2v) is 7.51. The van der Waals surface area contributed by atoms with Gasteiger partial charge in [-0.05, 0) is 58.8 Å². The van der Waals surface area contributed by atoms with Crippen LogP contribution in [-0.4, -0.2) is 19.0 Å². The molecular formula is C25H26N2O. The summed E-state index contributed by atoms with van der Waals surface area (Å²) in [5.74, 6) is 0.412. The Hall–Kier alpha value is -2.91. The zero-order valence-electron chi connectivity index (χ0n) is 16.2. The van der Waals surface area contributed by atoms with Crippen molar-refractivity contribution in [3.8, 4) is 11.1 Å². The number of benzene rings is 3. The van der Waals surface area contributed by atoms with Crippen molar-refractivity contribution in [2.45, 2.75) is 25.8 Å². The number of nitrogens with one attached hydrogen (secondary N) is 2. The van der Waals surface area contributed by atoms with Gasteiger partial charge >= 0.3 is 0 Å². The third-order valence-corrected chi connectivity index (χ3v) is 5.47. The summed E-state index contributed by atoms with van der Waals surface area (Å²) >= 11 is 0. The second kappa shape index (κ2) is 8.41. The summed E-state index contributed by atoms with van der Waals surface area (Å²) in [5.41, 5.74) is 6.87. The van der Waals surface area contributed by atoms with Crippen molar-refractivity contribution in [1.82, 2.24) is 10.6 Å². The van der Waals surface area contributed by atoms with Gasteiger partial charge in [0.25, 0.3) is 5.91 Å². The highest BCUT2D eigenvalue weighted by atomic mass is 16.1. The fraction of sp³-hybridized carbons (Fsp3) is 0.240. The molecule has 0 bridgehead atoms. The minimum Gasteiger partial charge on any atom is -0.348 e. The third-order valence-electron chi connectivity index (χ3n) is 5.47. The van der Waals surface area contributed by atoms with Crippen molar-refractivity contribution in [2.24, 2.45) is 0 Å². The lowest BCUT2D eigenvalue weighted by molar-refractivity contribution is 0.0951. The van der Waals surface area contributed by atoms with Gasteiger partial charge in [-0.2, -0.15) is 0 Å². The van der Waals surface area contributed by atoms with Gasteiger partial charge in [-0.25, -0.2) is 0 Å². The van der Waals surface area contributed by atoms with E-state index in [4.69, 9.17) is 0 Å². The molecule has 1 atom stereocenters. The highest BCUT2D eigenvalue weighted by Crippen LogP contribution is 2.24. The quantitative estimate of drug-likeness (QED) is 0.708. The molecule has 1 aliphatic rings. The number of hydrogen-bond donors (Lipinski definition) is 2. The van der Waals surface area contributed by atoms with Crippen LogP contribution in [-0.2, 0) is 13.0 Å². The lowest BCUT2D eigenvalue weighted by Crippen LogP contribution is -2.23. The number of fused-ring (bicyclic) bond motifs is 1. The van der Waals surface area contributed by atoms with Gasteiger partial charge < -0.3 is 10.6 Å². The zero-order chi connectivity index (χ0) is 19.3. The standard InChI is InChI=1S/C25H26N2O/c1-18-16-26-14-13-22-11-12-23(15-24(18)22)25(28)27-17-19-7-9-21(10-8-19)20-5-3-2-4-6-20/h2-12,15,18,26H,13-14,16-17H2,1H3,(H,27,28)/t18-/m1/s1. The molecule has 0 radical (unpaired) electrons. The van der Waals surface area contributed by atoms with Crippen molar-refractivity contribution in [3.05, 3.63) is 95.1 Å². The number of carbonyl (C=O) groups excluding carboxylic acids is 1. The molecule has 142 valence electrons. The first-order chi connectivity index (χ1) is 13.7. The maximum absolute atomic E-state index is 12.7. The molecule has 2 N–H and O–H groups in total. The van der Waals surface area contributed by atoms with E-state index in [-0.39, 0.29) is 5.91 Å². The molecule has 0 aromatic heterocycles. The molecule has 1 aliphatic heterocycles. The first-order valence-corrected chi connectivity index (χ1v) is 9.97. The van der Waals surface area contributed by atoms with Crippen LogP contribution in [0.3, 0.4) is 0 Å². The average molecular weight is 370 g/mol. The van der Waals surface area contributed by atoms with Crippen LogP contribution in [0.5, 0.6) is 0 Å². The largest absolute Gasteiger partial charge is 0.348 e. The Morgan fingerprint density at radius 3 is 2.54 bits per heavy atom. The van der Waals surface area contributed by atoms with Gasteiger partial charge in [-0.15, -0.1) is 0 Å². The van der Waals surface area contributed by atoms with Crippen LogP contribution < -0.4 is 10.6 Å². The number of rotatable bonds is 4. The zero-order valence-corrected chi connectivity index (χ0v) is 16.2. The van der Waals surface area contributed by atoms with Gasteiger partial charge in [0, 0.05) is 18.7 Å². The lowest BCUT2D eigenvalue weighted by atomic mass is 9.93. The van der Waals surface area contributed by atoms with Gasteiger partial charge in [-0.3, -0.25) is 4.79 Å². The van der Waals surface area contributed by atoms with Crippen LogP contribution in [0.1, 0.15) is 39.9 Å². The van der Waals surface area contributed by atoms with Crippen LogP contribution in [0.15, 0.2) is 72.8 Å². The summed E-state index contributed by atoms with van der Waals surface area (Å²) in [4.78, 5) is 12.7. The fourth-order valence-corrected chi connectivity index (χ4v) is 3.80. The Morgan fingerprint density at radius 2 is 1.75 bits per heavy atom. The fourth-order valence-electron chi connectivity index (χ4n) is 3.80. The Labute approximate surface area is 166 Å². The third kappa shape index (κ3) is 4.15. The molecule has 3 aromatic carbocycles. The van der Waals surface area contributed by atoms with Crippen LogP contribution >= 0.6 is 0 Å². The summed E-state index contributed by atoms with van der Waals surface area (Å²) in [6, 6.07) is 24.8. The summed E-state index contributed by atoms with van der Waals surface area (Å²) in [5, 5.41) is 6.51. The first kappa shape index (κ1) is 18.5. The molecule has 1 amide bonds. The van der Waals surface area contributed by atoms with E-state index in [0.717, 1.165) is 30.6 Å². The summed E-state index contributed by atoms with van der Waals surface area (Å²) < 4.78 is 0. The minimum absolute atomic E-state index is 0.0145. The van der Waals surface area contributed by atoms with Crippen LogP contribution in [0.25, 0.3) is 11.1 Å². The van der Waals surface area contributed by atoms with E-state index >= 15 is 0 Å². The molecule has 0 saturated carbocycles. The predicted molar refractivity (Wildman–Crippen MR) is 114 cm³/mol. The molecule has 4 rings (SSSR count). The van der Waals surface area contributed by atoms with Crippen LogP contribution in [0, 0.1) is 0 Å². The first-order valence-electron chi connectivity index (χ1n) is 9.97. The van der Waals surface area contributed by atoms with E-state index in [0.29, 0.717) is 12.5 Å². The molecule has 1 heterocycles. The van der Waals surface area contributed by atoms with Gasteiger partial charge in [0.15, 0.2) is 0 Å². The molecule has 3 aromatic rings. The van der Waals surface area contributed by atoms with E-state index in [9.17, 15) is 4.79 Å². The Bertz CT molecular complexity index is 948. The molecule has 0 unspecified atom stereocenters.